The van der Waals surface area contributed by atoms with Gasteiger partial charge in [0.25, 0.3) is 0 Å². The number of nitrogens with two attached hydrogens (primary N) is 1. The van der Waals surface area contributed by atoms with E-state index < -0.39 is 0 Å². The van der Waals surface area contributed by atoms with E-state index >= 15 is 0 Å². The van der Waals surface area contributed by atoms with E-state index in [1.807, 2.05) is 6.07 Å². The number of benzene rings is 1. The largest absolute Gasteiger partial charge is 0.447 e. The zero-order valence-electron chi connectivity index (χ0n) is 13.2. The molecule has 0 radical (unpaired) electrons. The summed E-state index contributed by atoms with van der Waals surface area (Å²) in [5, 5.41) is 3.31. The number of aromatic nitrogens is 1. The molecule has 4 nitrogen and oxygen atoms in total. The van der Waals surface area contributed by atoms with Gasteiger partial charge >= 0.3 is 0 Å². The van der Waals surface area contributed by atoms with Crippen LogP contribution in [0.25, 0.3) is 6.08 Å². The lowest BCUT2D eigenvalue weighted by Gasteiger charge is -1.95. The van der Waals surface area contributed by atoms with E-state index in [4.69, 9.17) is 10.2 Å². The van der Waals surface area contributed by atoms with E-state index in [-0.39, 0.29) is 0 Å². The Hall–Kier alpha value is -1.91. The van der Waals surface area contributed by atoms with Crippen molar-refractivity contribution in [2.75, 3.05) is 0 Å². The van der Waals surface area contributed by atoms with Crippen LogP contribution in [0.2, 0.25) is 0 Å². The van der Waals surface area contributed by atoms with Gasteiger partial charge in [-0.25, -0.2) is 4.98 Å². The molecular weight excluding hydrogens is 274 g/mol. The summed E-state index contributed by atoms with van der Waals surface area (Å²) in [7, 11) is 0. The van der Waals surface area contributed by atoms with Crippen LogP contribution in [0, 0.1) is 0 Å². The lowest BCUT2D eigenvalue weighted by molar-refractivity contribution is 0.467. The van der Waals surface area contributed by atoms with E-state index in [9.17, 15) is 0 Å². The summed E-state index contributed by atoms with van der Waals surface area (Å²) >= 11 is 0. The van der Waals surface area contributed by atoms with Crippen molar-refractivity contribution in [1.82, 2.24) is 10.3 Å². The van der Waals surface area contributed by atoms with Gasteiger partial charge in [-0.1, -0.05) is 49.4 Å². The normalized spacial score (nSPS) is 13.9. The Labute approximate surface area is 132 Å². The van der Waals surface area contributed by atoms with Crippen LogP contribution in [0.3, 0.4) is 0 Å². The first-order valence-corrected chi connectivity index (χ1v) is 7.90. The van der Waals surface area contributed by atoms with Crippen LogP contribution in [-0.2, 0) is 13.1 Å². The Morgan fingerprint density at radius 2 is 2.09 bits per heavy atom. The van der Waals surface area contributed by atoms with Crippen LogP contribution in [0.15, 0.2) is 47.1 Å². The zero-order chi connectivity index (χ0) is 15.6. The second-order valence-electron chi connectivity index (χ2n) is 5.31. The minimum absolute atomic E-state index is 0.451. The second kappa shape index (κ2) is 9.18. The molecule has 0 amide bonds. The van der Waals surface area contributed by atoms with Crippen LogP contribution >= 0.6 is 0 Å². The van der Waals surface area contributed by atoms with Crippen molar-refractivity contribution in [3.63, 3.8) is 0 Å². The van der Waals surface area contributed by atoms with Crippen molar-refractivity contribution < 1.29 is 4.42 Å². The van der Waals surface area contributed by atoms with Crippen molar-refractivity contribution in [3.05, 3.63) is 59.8 Å². The molecule has 3 N–H and O–H groups in total. The summed E-state index contributed by atoms with van der Waals surface area (Å²) < 4.78 is 5.18. The van der Waals surface area contributed by atoms with Gasteiger partial charge in [0.15, 0.2) is 0 Å². The predicted octanol–water partition coefficient (Wildman–Crippen LogP) is 3.50. The minimum Gasteiger partial charge on any atom is -0.447 e. The van der Waals surface area contributed by atoms with Gasteiger partial charge in [-0.05, 0) is 24.8 Å². The smallest absolute Gasteiger partial charge is 0.208 e. The minimum atomic E-state index is 0.451. The molecule has 1 aliphatic rings. The summed E-state index contributed by atoms with van der Waals surface area (Å²) in [5.74, 6) is 0.738. The maximum absolute atomic E-state index is 5.39. The third kappa shape index (κ3) is 6.24. The lowest BCUT2D eigenvalue weighted by atomic mass is 10.2. The predicted molar refractivity (Wildman–Crippen MR) is 90.0 cm³/mol. The third-order valence-corrected chi connectivity index (χ3v) is 3.27. The number of hydrogen-bond donors (Lipinski definition) is 2. The van der Waals surface area contributed by atoms with Crippen molar-refractivity contribution in [2.24, 2.45) is 5.73 Å². The highest BCUT2D eigenvalue weighted by Gasteiger charge is 2.20. The summed E-state index contributed by atoms with van der Waals surface area (Å²) in [6.07, 6.45) is 9.59. The molecule has 0 atom stereocenters. The molecule has 1 aromatic carbocycles. The lowest BCUT2D eigenvalue weighted by Crippen LogP contribution is -2.15. The molecule has 1 heterocycles. The zero-order valence-corrected chi connectivity index (χ0v) is 13.2. The highest BCUT2D eigenvalue weighted by molar-refractivity contribution is 5.48. The van der Waals surface area contributed by atoms with Gasteiger partial charge in [0.2, 0.25) is 5.89 Å². The van der Waals surface area contributed by atoms with E-state index in [1.54, 1.807) is 6.26 Å². The van der Waals surface area contributed by atoms with Crippen molar-refractivity contribution in [3.8, 4) is 0 Å². The Morgan fingerprint density at radius 1 is 1.32 bits per heavy atom. The van der Waals surface area contributed by atoms with Crippen molar-refractivity contribution in [2.45, 2.75) is 45.3 Å². The van der Waals surface area contributed by atoms with Gasteiger partial charge in [0.1, 0.15) is 6.26 Å². The first-order chi connectivity index (χ1) is 10.8. The molecule has 2 aromatic rings. The Balaban J connectivity index is 0.000000164. The summed E-state index contributed by atoms with van der Waals surface area (Å²) in [6.45, 7) is 3.32. The van der Waals surface area contributed by atoms with Gasteiger partial charge in [0.05, 0.1) is 12.2 Å². The van der Waals surface area contributed by atoms with Gasteiger partial charge in [-0.2, -0.15) is 0 Å². The molecule has 1 saturated carbocycles. The average Bonchev–Trinajstić information content (AvgIpc) is 3.29. The molecule has 118 valence electrons. The van der Waals surface area contributed by atoms with Gasteiger partial charge in [-0.3, -0.25) is 0 Å². The Kier molecular flexibility index (Phi) is 6.87. The van der Waals surface area contributed by atoms with Crippen molar-refractivity contribution >= 4 is 6.08 Å². The monoisotopic (exact) mass is 299 g/mol. The summed E-state index contributed by atoms with van der Waals surface area (Å²) in [5.41, 5.74) is 7.49. The number of nitrogens with zero attached hydrogens (tertiary/aromatic N) is 1. The number of oxazole rings is 1. The third-order valence-electron chi connectivity index (χ3n) is 3.27. The molecule has 22 heavy (non-hydrogen) atoms. The highest BCUT2D eigenvalue weighted by atomic mass is 16.3. The fraction of sp³-hybridized carbons (Fsp3) is 0.389. The molecule has 0 aliphatic heterocycles. The number of rotatable bonds is 6. The fourth-order valence-electron chi connectivity index (χ4n) is 1.86. The molecule has 0 saturated heterocycles. The van der Waals surface area contributed by atoms with E-state index in [2.05, 4.69) is 53.6 Å². The van der Waals surface area contributed by atoms with Crippen LogP contribution in [0.4, 0.5) is 0 Å². The second-order valence-corrected chi connectivity index (χ2v) is 5.31. The number of hydrogen-bond acceptors (Lipinski definition) is 4. The van der Waals surface area contributed by atoms with Gasteiger partial charge in [-0.15, -0.1) is 0 Å². The molecule has 0 unspecified atom stereocenters. The molecule has 4 heteroatoms. The Morgan fingerprint density at radius 3 is 2.68 bits per heavy atom. The first-order valence-electron chi connectivity index (χ1n) is 7.90. The van der Waals surface area contributed by atoms with E-state index in [0.29, 0.717) is 12.6 Å². The number of allylic oxidation sites excluding steroid dienone is 1. The molecular formula is C18H25N3O. The molecule has 3 rings (SSSR count). The highest BCUT2D eigenvalue weighted by Crippen LogP contribution is 2.19. The standard InChI is InChI=1S/C10H12.C8H13N3O/c1-2-3-7-10-8-5-4-6-9-10;9-3-7-5-12-8(11-7)4-10-6-1-2-6/h3-9H,2H2,1H3;5-6,10H,1-4,9H2/b7-3-;. The molecule has 0 spiro atoms. The quantitative estimate of drug-likeness (QED) is 0.857. The molecule has 0 bridgehead atoms. The molecule has 1 fully saturated rings. The van der Waals surface area contributed by atoms with Crippen molar-refractivity contribution in [1.29, 1.82) is 0 Å². The topological polar surface area (TPSA) is 64.1 Å². The average molecular weight is 299 g/mol. The number of nitrogens with one attached hydrogen (secondary N) is 1. The first kappa shape index (κ1) is 16.5. The van der Waals surface area contributed by atoms with Gasteiger partial charge < -0.3 is 15.5 Å². The molecule has 1 aliphatic carbocycles. The fourth-order valence-corrected chi connectivity index (χ4v) is 1.86. The SMILES string of the molecule is CC/C=C\c1ccccc1.NCc1coc(CNC2CC2)n1. The van der Waals surface area contributed by atoms with Crippen LogP contribution in [0.1, 0.15) is 43.3 Å². The Bertz CT molecular complexity index is 559. The maximum atomic E-state index is 5.39. The van der Waals surface area contributed by atoms with Gasteiger partial charge in [0, 0.05) is 12.6 Å². The van der Waals surface area contributed by atoms with E-state index in [0.717, 1.165) is 24.6 Å². The summed E-state index contributed by atoms with van der Waals surface area (Å²) in [6, 6.07) is 11.0. The van der Waals surface area contributed by atoms with Crippen LogP contribution in [-0.4, -0.2) is 11.0 Å². The van der Waals surface area contributed by atoms with Crippen LogP contribution < -0.4 is 11.1 Å². The molecule has 1 aromatic heterocycles. The van der Waals surface area contributed by atoms with Crippen LogP contribution in [0.5, 0.6) is 0 Å². The maximum Gasteiger partial charge on any atom is 0.208 e. The van der Waals surface area contributed by atoms with E-state index in [1.165, 1.54) is 18.4 Å². The summed E-state index contributed by atoms with van der Waals surface area (Å²) in [4.78, 5) is 4.17.